The molecule has 0 saturated carbocycles. The predicted octanol–water partition coefficient (Wildman–Crippen LogP) is 4.86. The van der Waals surface area contributed by atoms with Crippen LogP contribution in [0.1, 0.15) is 40.7 Å². The quantitative estimate of drug-likeness (QED) is 0.364. The van der Waals surface area contributed by atoms with Gasteiger partial charge in [0.1, 0.15) is 5.75 Å². The second-order valence-corrected chi connectivity index (χ2v) is 8.75. The highest BCUT2D eigenvalue weighted by atomic mass is 32.1. The van der Waals surface area contributed by atoms with Gasteiger partial charge in [-0.3, -0.25) is 14.9 Å². The lowest BCUT2D eigenvalue weighted by Gasteiger charge is -2.07. The van der Waals surface area contributed by atoms with E-state index in [0.29, 0.717) is 30.1 Å². The number of amides is 1. The summed E-state index contributed by atoms with van der Waals surface area (Å²) >= 11 is 1.40. The molecule has 4 rings (SSSR count). The summed E-state index contributed by atoms with van der Waals surface area (Å²) in [6, 6.07) is 12.9. The molecule has 0 aliphatic heterocycles. The molecule has 0 bridgehead atoms. The minimum atomic E-state index is -0.246. The van der Waals surface area contributed by atoms with Gasteiger partial charge < -0.3 is 9.47 Å². The number of aromatic nitrogens is 3. The third-order valence-electron chi connectivity index (χ3n) is 5.51. The SMILES string of the molecule is CCOc1ccc2nc(NC(=O)c3ccc(-n4nc(C)c(CCC(=O)OC)c4C)cc3)sc2c1. The zero-order valence-corrected chi connectivity index (χ0v) is 20.4. The molecule has 2 heterocycles. The van der Waals surface area contributed by atoms with Crippen LogP contribution in [0.2, 0.25) is 0 Å². The minimum Gasteiger partial charge on any atom is -0.494 e. The van der Waals surface area contributed by atoms with Crippen molar-refractivity contribution in [2.75, 3.05) is 19.0 Å². The molecule has 176 valence electrons. The Hall–Kier alpha value is -3.72. The van der Waals surface area contributed by atoms with Crippen molar-refractivity contribution in [3.05, 3.63) is 65.0 Å². The van der Waals surface area contributed by atoms with Crippen LogP contribution in [0.25, 0.3) is 15.9 Å². The third kappa shape index (κ3) is 4.94. The minimum absolute atomic E-state index is 0.234. The number of anilines is 1. The molecule has 0 atom stereocenters. The van der Waals surface area contributed by atoms with E-state index < -0.39 is 0 Å². The van der Waals surface area contributed by atoms with Crippen LogP contribution >= 0.6 is 11.3 Å². The standard InChI is InChI=1S/C25H26N4O4S/c1-5-33-19-10-12-21-22(14-19)34-25(26-21)27-24(31)17-6-8-18(9-7-17)29-16(3)20(15(2)28-29)11-13-23(30)32-4/h6-10,12,14H,5,11,13H2,1-4H3,(H,26,27,31). The molecule has 0 spiro atoms. The van der Waals surface area contributed by atoms with Crippen molar-refractivity contribution >= 4 is 38.6 Å². The predicted molar refractivity (Wildman–Crippen MR) is 132 cm³/mol. The molecular weight excluding hydrogens is 452 g/mol. The van der Waals surface area contributed by atoms with E-state index in [-0.39, 0.29) is 11.9 Å². The van der Waals surface area contributed by atoms with Crippen LogP contribution in [-0.2, 0) is 16.0 Å². The number of carbonyl (C=O) groups is 2. The van der Waals surface area contributed by atoms with Crippen molar-refractivity contribution in [1.82, 2.24) is 14.8 Å². The number of nitrogens with zero attached hydrogens (tertiary/aromatic N) is 3. The highest BCUT2D eigenvalue weighted by Gasteiger charge is 2.16. The molecule has 0 saturated heterocycles. The summed E-state index contributed by atoms with van der Waals surface area (Å²) < 4.78 is 13.0. The van der Waals surface area contributed by atoms with Gasteiger partial charge in [0.05, 0.1) is 35.3 Å². The van der Waals surface area contributed by atoms with Gasteiger partial charge in [-0.1, -0.05) is 11.3 Å². The Morgan fingerprint density at radius 1 is 1.12 bits per heavy atom. The van der Waals surface area contributed by atoms with Crippen LogP contribution < -0.4 is 10.1 Å². The van der Waals surface area contributed by atoms with Crippen molar-refractivity contribution in [2.45, 2.75) is 33.6 Å². The number of hydrogen-bond acceptors (Lipinski definition) is 7. The van der Waals surface area contributed by atoms with Gasteiger partial charge in [-0.25, -0.2) is 9.67 Å². The highest BCUT2D eigenvalue weighted by molar-refractivity contribution is 7.22. The summed E-state index contributed by atoms with van der Waals surface area (Å²) in [5.41, 5.74) is 5.02. The van der Waals surface area contributed by atoms with Gasteiger partial charge >= 0.3 is 5.97 Å². The molecule has 2 aromatic heterocycles. The summed E-state index contributed by atoms with van der Waals surface area (Å²) in [6.07, 6.45) is 0.876. The maximum atomic E-state index is 12.8. The normalized spacial score (nSPS) is 10.9. The topological polar surface area (TPSA) is 95.3 Å². The molecule has 9 heteroatoms. The average Bonchev–Trinajstić information content (AvgIpc) is 3.36. The fourth-order valence-electron chi connectivity index (χ4n) is 3.76. The van der Waals surface area contributed by atoms with Gasteiger partial charge in [-0.05, 0) is 75.2 Å². The van der Waals surface area contributed by atoms with E-state index in [1.807, 2.05) is 55.8 Å². The zero-order valence-electron chi connectivity index (χ0n) is 19.5. The first kappa shape index (κ1) is 23.4. The Morgan fingerprint density at radius 3 is 2.59 bits per heavy atom. The Kier molecular flexibility index (Phi) is 6.93. The smallest absolute Gasteiger partial charge is 0.305 e. The first-order chi connectivity index (χ1) is 16.4. The largest absolute Gasteiger partial charge is 0.494 e. The van der Waals surface area contributed by atoms with Crippen molar-refractivity contribution in [2.24, 2.45) is 0 Å². The molecule has 4 aromatic rings. The number of fused-ring (bicyclic) bond motifs is 1. The number of carbonyl (C=O) groups excluding carboxylic acids is 2. The van der Waals surface area contributed by atoms with Crippen LogP contribution in [-0.4, -0.2) is 40.4 Å². The van der Waals surface area contributed by atoms with Crippen molar-refractivity contribution in [3.8, 4) is 11.4 Å². The molecule has 2 aromatic carbocycles. The lowest BCUT2D eigenvalue weighted by molar-refractivity contribution is -0.140. The number of thiazole rings is 1. The zero-order chi connectivity index (χ0) is 24.2. The van der Waals surface area contributed by atoms with Gasteiger partial charge in [0.25, 0.3) is 5.91 Å². The molecule has 34 heavy (non-hydrogen) atoms. The third-order valence-corrected chi connectivity index (χ3v) is 6.45. The molecule has 0 unspecified atom stereocenters. The lowest BCUT2D eigenvalue weighted by Crippen LogP contribution is -2.11. The van der Waals surface area contributed by atoms with Gasteiger partial charge in [-0.2, -0.15) is 5.10 Å². The molecule has 0 aliphatic rings. The fraction of sp³-hybridized carbons (Fsp3) is 0.280. The number of nitrogens with one attached hydrogen (secondary N) is 1. The monoisotopic (exact) mass is 478 g/mol. The molecule has 0 radical (unpaired) electrons. The number of hydrogen-bond donors (Lipinski definition) is 1. The Labute approximate surface area is 201 Å². The Bertz CT molecular complexity index is 1340. The number of ether oxygens (including phenoxy) is 2. The lowest BCUT2D eigenvalue weighted by atomic mass is 10.1. The van der Waals surface area contributed by atoms with E-state index in [4.69, 9.17) is 9.47 Å². The van der Waals surface area contributed by atoms with E-state index >= 15 is 0 Å². The van der Waals surface area contributed by atoms with Crippen LogP contribution in [0.3, 0.4) is 0 Å². The molecule has 1 N–H and O–H groups in total. The molecule has 0 aliphatic carbocycles. The number of methoxy groups -OCH3 is 1. The maximum absolute atomic E-state index is 12.8. The summed E-state index contributed by atoms with van der Waals surface area (Å²) in [6.45, 7) is 6.42. The second kappa shape index (κ2) is 10.0. The number of aryl methyl sites for hydroxylation is 1. The number of benzene rings is 2. The summed E-state index contributed by atoms with van der Waals surface area (Å²) in [7, 11) is 1.39. The number of rotatable bonds is 8. The van der Waals surface area contributed by atoms with Gasteiger partial charge in [0.2, 0.25) is 0 Å². The highest BCUT2D eigenvalue weighted by Crippen LogP contribution is 2.29. The van der Waals surface area contributed by atoms with E-state index in [0.717, 1.165) is 38.6 Å². The van der Waals surface area contributed by atoms with E-state index in [2.05, 4.69) is 15.4 Å². The van der Waals surface area contributed by atoms with Crippen LogP contribution in [0.5, 0.6) is 5.75 Å². The summed E-state index contributed by atoms with van der Waals surface area (Å²) in [4.78, 5) is 28.8. The maximum Gasteiger partial charge on any atom is 0.305 e. The van der Waals surface area contributed by atoms with Gasteiger partial charge in [0, 0.05) is 17.7 Å². The molecule has 1 amide bonds. The van der Waals surface area contributed by atoms with Crippen molar-refractivity contribution in [3.63, 3.8) is 0 Å². The first-order valence-electron chi connectivity index (χ1n) is 11.0. The number of esters is 1. The van der Waals surface area contributed by atoms with Crippen LogP contribution in [0.15, 0.2) is 42.5 Å². The molecule has 8 nitrogen and oxygen atoms in total. The van der Waals surface area contributed by atoms with E-state index in [9.17, 15) is 9.59 Å². The van der Waals surface area contributed by atoms with E-state index in [1.54, 1.807) is 12.1 Å². The van der Waals surface area contributed by atoms with Gasteiger partial charge in [0.15, 0.2) is 5.13 Å². The van der Waals surface area contributed by atoms with Gasteiger partial charge in [-0.15, -0.1) is 0 Å². The Balaban J connectivity index is 1.48. The van der Waals surface area contributed by atoms with Crippen LogP contribution in [0.4, 0.5) is 5.13 Å². The molecular formula is C25H26N4O4S. The second-order valence-electron chi connectivity index (χ2n) is 7.72. The average molecular weight is 479 g/mol. The van der Waals surface area contributed by atoms with Crippen LogP contribution in [0, 0.1) is 13.8 Å². The Morgan fingerprint density at radius 2 is 1.88 bits per heavy atom. The van der Waals surface area contributed by atoms with Crippen molar-refractivity contribution in [1.29, 1.82) is 0 Å². The summed E-state index contributed by atoms with van der Waals surface area (Å²) in [5.74, 6) is 0.303. The van der Waals surface area contributed by atoms with Crippen molar-refractivity contribution < 1.29 is 19.1 Å². The molecule has 0 fully saturated rings. The fourth-order valence-corrected chi connectivity index (χ4v) is 4.64. The van der Waals surface area contributed by atoms with E-state index in [1.165, 1.54) is 18.4 Å². The first-order valence-corrected chi connectivity index (χ1v) is 11.8. The summed E-state index contributed by atoms with van der Waals surface area (Å²) in [5, 5.41) is 8.03.